The van der Waals surface area contributed by atoms with Gasteiger partial charge in [-0.1, -0.05) is 0 Å². The second kappa shape index (κ2) is 7.57. The first-order chi connectivity index (χ1) is 16.2. The molecule has 0 radical (unpaired) electrons. The van der Waals surface area contributed by atoms with E-state index in [4.69, 9.17) is 20.9 Å². The standard InChI is InChI=1S/C22H24N6O6/c1-9-15(25-10-3-5-11(6-4-10)26-20(23)31)18(30)14-12(8-34-21(24)32)22(33-2)19-13(27-19)7-28(22)16(14)17(9)29/h3-6,12-13,19,25,27H,7-8H2,1-2H3,(H2,24,32)(H3,23,26,31). The second-order valence-corrected chi connectivity index (χ2v) is 8.61. The van der Waals surface area contributed by atoms with Gasteiger partial charge in [0.2, 0.25) is 11.6 Å². The van der Waals surface area contributed by atoms with Gasteiger partial charge in [0.05, 0.1) is 23.4 Å². The summed E-state index contributed by atoms with van der Waals surface area (Å²) < 4.78 is 11.1. The molecule has 0 bridgehead atoms. The Morgan fingerprint density at radius 3 is 2.47 bits per heavy atom. The topological polar surface area (TPSA) is 188 Å². The van der Waals surface area contributed by atoms with Gasteiger partial charge in [-0.05, 0) is 31.2 Å². The molecule has 2 saturated heterocycles. The van der Waals surface area contributed by atoms with Crippen LogP contribution in [-0.4, -0.2) is 66.7 Å². The molecule has 12 heteroatoms. The molecule has 4 aliphatic rings. The van der Waals surface area contributed by atoms with Crippen molar-refractivity contribution >= 4 is 35.1 Å². The van der Waals surface area contributed by atoms with E-state index < -0.39 is 23.8 Å². The van der Waals surface area contributed by atoms with Gasteiger partial charge in [0.25, 0.3) is 0 Å². The van der Waals surface area contributed by atoms with E-state index in [9.17, 15) is 19.2 Å². The van der Waals surface area contributed by atoms with Crippen molar-refractivity contribution in [1.29, 1.82) is 0 Å². The molecule has 0 saturated carbocycles. The minimum absolute atomic E-state index is 0.115. The minimum atomic E-state index is -1.03. The van der Waals surface area contributed by atoms with Gasteiger partial charge >= 0.3 is 12.1 Å². The number of urea groups is 1. The van der Waals surface area contributed by atoms with E-state index in [-0.39, 0.29) is 52.8 Å². The van der Waals surface area contributed by atoms with Crippen molar-refractivity contribution < 1.29 is 28.7 Å². The number of amides is 3. The van der Waals surface area contributed by atoms with Crippen LogP contribution >= 0.6 is 0 Å². The number of ketones is 2. The molecule has 1 aromatic rings. The lowest BCUT2D eigenvalue weighted by molar-refractivity contribution is -0.137. The highest BCUT2D eigenvalue weighted by Crippen LogP contribution is 2.55. The molecule has 3 heterocycles. The molecule has 1 aliphatic carbocycles. The lowest BCUT2D eigenvalue weighted by Crippen LogP contribution is -2.55. The number of primary amides is 2. The van der Waals surface area contributed by atoms with Crippen LogP contribution in [0.25, 0.3) is 0 Å². The number of methoxy groups -OCH3 is 1. The Morgan fingerprint density at radius 2 is 1.85 bits per heavy atom. The molecule has 3 aliphatic heterocycles. The fraction of sp³-hybridized carbons (Fsp3) is 0.364. The van der Waals surface area contributed by atoms with Gasteiger partial charge in [-0.25, -0.2) is 9.59 Å². The maximum Gasteiger partial charge on any atom is 0.404 e. The number of anilines is 2. The number of allylic oxidation sites excluding steroid dienone is 2. The van der Waals surface area contributed by atoms with Gasteiger partial charge in [0.1, 0.15) is 6.61 Å². The highest BCUT2D eigenvalue weighted by molar-refractivity contribution is 6.26. The Kier molecular flexibility index (Phi) is 4.88. The molecule has 0 aromatic heterocycles. The predicted octanol–water partition coefficient (Wildman–Crippen LogP) is -0.00720. The third-order valence-corrected chi connectivity index (χ3v) is 6.85. The predicted molar refractivity (Wildman–Crippen MR) is 119 cm³/mol. The first-order valence-electron chi connectivity index (χ1n) is 10.7. The first-order valence-corrected chi connectivity index (χ1v) is 10.7. The number of carbonyl (C=O) groups excluding carboxylic acids is 4. The van der Waals surface area contributed by atoms with Crippen molar-refractivity contribution in [3.8, 4) is 0 Å². The Balaban J connectivity index is 1.49. The van der Waals surface area contributed by atoms with Gasteiger partial charge in [0.15, 0.2) is 5.72 Å². The van der Waals surface area contributed by atoms with E-state index in [1.54, 1.807) is 31.2 Å². The normalized spacial score (nSPS) is 29.0. The monoisotopic (exact) mass is 468 g/mol. The number of fused-ring (bicyclic) bond motifs is 4. The van der Waals surface area contributed by atoms with Gasteiger partial charge in [0, 0.05) is 42.2 Å². The average Bonchev–Trinajstić information content (AvgIpc) is 3.40. The number of ether oxygens (including phenoxy) is 2. The van der Waals surface area contributed by atoms with Gasteiger partial charge in [-0.2, -0.15) is 0 Å². The summed E-state index contributed by atoms with van der Waals surface area (Å²) in [7, 11) is 1.52. The van der Waals surface area contributed by atoms with Crippen LogP contribution < -0.4 is 27.4 Å². The molecule has 7 N–H and O–H groups in total. The van der Waals surface area contributed by atoms with Crippen molar-refractivity contribution in [2.24, 2.45) is 17.4 Å². The van der Waals surface area contributed by atoms with Crippen molar-refractivity contribution in [1.82, 2.24) is 10.2 Å². The molecule has 4 atom stereocenters. The zero-order valence-electron chi connectivity index (χ0n) is 18.5. The third-order valence-electron chi connectivity index (χ3n) is 6.85. The maximum atomic E-state index is 13.8. The molecule has 2 fully saturated rings. The summed E-state index contributed by atoms with van der Waals surface area (Å²) >= 11 is 0. The van der Waals surface area contributed by atoms with Crippen molar-refractivity contribution in [2.45, 2.75) is 24.7 Å². The number of hydrogen-bond donors (Lipinski definition) is 5. The Morgan fingerprint density at radius 1 is 1.18 bits per heavy atom. The van der Waals surface area contributed by atoms with Crippen LogP contribution in [0.1, 0.15) is 6.92 Å². The minimum Gasteiger partial charge on any atom is -0.449 e. The van der Waals surface area contributed by atoms with Crippen molar-refractivity contribution in [3.05, 3.63) is 46.8 Å². The number of benzene rings is 1. The summed E-state index contributed by atoms with van der Waals surface area (Å²) in [6, 6.07) is 5.80. The fourth-order valence-electron chi connectivity index (χ4n) is 5.36. The summed E-state index contributed by atoms with van der Waals surface area (Å²) in [4.78, 5) is 51.5. The number of hydrogen-bond acceptors (Lipinski definition) is 9. The number of nitrogens with zero attached hydrogens (tertiary/aromatic N) is 1. The lowest BCUT2D eigenvalue weighted by atomic mass is 9.82. The van der Waals surface area contributed by atoms with E-state index in [1.807, 2.05) is 4.90 Å². The Hall–Kier alpha value is -3.90. The molecule has 5 rings (SSSR count). The molecule has 4 unspecified atom stereocenters. The van der Waals surface area contributed by atoms with Gasteiger partial charge in [-0.3, -0.25) is 9.59 Å². The van der Waals surface area contributed by atoms with Crippen molar-refractivity contribution in [2.75, 3.05) is 30.9 Å². The van der Waals surface area contributed by atoms with Crippen LogP contribution in [0.15, 0.2) is 46.8 Å². The number of Topliss-reactive ketones (excluding diaryl/α,β-unsaturated/α-hetero) is 2. The van der Waals surface area contributed by atoms with Crippen LogP contribution in [0.4, 0.5) is 21.0 Å². The third kappa shape index (κ3) is 3.06. The zero-order valence-corrected chi connectivity index (χ0v) is 18.5. The van der Waals surface area contributed by atoms with Crippen LogP contribution in [-0.2, 0) is 19.1 Å². The van der Waals surface area contributed by atoms with Crippen molar-refractivity contribution in [3.63, 3.8) is 0 Å². The maximum absolute atomic E-state index is 13.8. The lowest BCUT2D eigenvalue weighted by Gasteiger charge is -2.39. The highest BCUT2D eigenvalue weighted by atomic mass is 16.6. The van der Waals surface area contributed by atoms with E-state index in [0.29, 0.717) is 17.9 Å². The van der Waals surface area contributed by atoms with Crippen LogP contribution in [0.3, 0.4) is 0 Å². The summed E-state index contributed by atoms with van der Waals surface area (Å²) in [5.41, 5.74) is 11.2. The van der Waals surface area contributed by atoms with Crippen LogP contribution in [0.2, 0.25) is 0 Å². The summed E-state index contributed by atoms with van der Waals surface area (Å²) in [5, 5.41) is 8.80. The average molecular weight is 468 g/mol. The molecular formula is C22H24N6O6. The molecular weight excluding hydrogens is 444 g/mol. The molecule has 12 nitrogen and oxygen atoms in total. The second-order valence-electron chi connectivity index (χ2n) is 8.61. The fourth-order valence-corrected chi connectivity index (χ4v) is 5.36. The van der Waals surface area contributed by atoms with Gasteiger partial charge < -0.3 is 41.8 Å². The number of piperazine rings is 1. The summed E-state index contributed by atoms with van der Waals surface area (Å²) in [5.74, 6) is -1.39. The largest absolute Gasteiger partial charge is 0.449 e. The molecule has 34 heavy (non-hydrogen) atoms. The molecule has 0 spiro atoms. The first kappa shape index (κ1) is 21.9. The zero-order chi connectivity index (χ0) is 24.4. The SMILES string of the molecule is COC12C(COC(N)=O)C3=C(C(=O)C(C)=C(Nc4ccc(NC(N)=O)cc4)C3=O)N1CC1NC12. The number of nitrogens with two attached hydrogens (primary N) is 2. The molecule has 3 amide bonds. The van der Waals surface area contributed by atoms with E-state index in [0.717, 1.165) is 0 Å². The summed E-state index contributed by atoms with van der Waals surface area (Å²) in [6.07, 6.45) is -0.977. The van der Waals surface area contributed by atoms with E-state index >= 15 is 0 Å². The van der Waals surface area contributed by atoms with E-state index in [2.05, 4.69) is 16.0 Å². The number of carbonyl (C=O) groups is 4. The molecule has 1 aromatic carbocycles. The number of nitrogens with one attached hydrogen (secondary N) is 3. The van der Waals surface area contributed by atoms with E-state index in [1.165, 1.54) is 7.11 Å². The number of rotatable bonds is 6. The van der Waals surface area contributed by atoms with Gasteiger partial charge in [-0.15, -0.1) is 0 Å². The summed E-state index contributed by atoms with van der Waals surface area (Å²) in [6.45, 7) is 1.88. The van der Waals surface area contributed by atoms with Crippen LogP contribution in [0.5, 0.6) is 0 Å². The Bertz CT molecular complexity index is 1190. The quantitative estimate of drug-likeness (QED) is 0.282. The Labute approximate surface area is 194 Å². The smallest absolute Gasteiger partial charge is 0.404 e. The highest BCUT2D eigenvalue weighted by Gasteiger charge is 2.72. The van der Waals surface area contributed by atoms with Crippen LogP contribution in [0, 0.1) is 5.92 Å². The molecule has 178 valence electrons.